The van der Waals surface area contributed by atoms with Gasteiger partial charge in [0.1, 0.15) is 23.6 Å². The minimum Gasteiger partial charge on any atom is -0.488 e. The van der Waals surface area contributed by atoms with E-state index in [1.54, 1.807) is 30.3 Å². The molecule has 1 aromatic heterocycles. The molecule has 3 heterocycles. The van der Waals surface area contributed by atoms with Crippen molar-refractivity contribution in [3.05, 3.63) is 107 Å². The number of amides is 2. The molecule has 0 radical (unpaired) electrons. The minimum absolute atomic E-state index is 0.0283. The third-order valence-electron chi connectivity index (χ3n) is 7.69. The van der Waals surface area contributed by atoms with Crippen molar-refractivity contribution in [3.8, 4) is 11.8 Å². The fourth-order valence-electron chi connectivity index (χ4n) is 5.48. The molecule has 1 saturated heterocycles. The van der Waals surface area contributed by atoms with E-state index < -0.39 is 17.7 Å². The third-order valence-corrected chi connectivity index (χ3v) is 7.69. The van der Waals surface area contributed by atoms with Crippen LogP contribution in [0, 0.1) is 11.3 Å². The predicted molar refractivity (Wildman–Crippen MR) is 155 cm³/mol. The summed E-state index contributed by atoms with van der Waals surface area (Å²) in [5.74, 6) is -3.82. The van der Waals surface area contributed by atoms with E-state index in [0.717, 1.165) is 13.0 Å². The number of carbonyl (C=O) groups is 2. The molecular formula is C32H28F2N6O3. The van der Waals surface area contributed by atoms with Crippen molar-refractivity contribution in [1.29, 1.82) is 5.26 Å². The van der Waals surface area contributed by atoms with Crippen LogP contribution in [0.2, 0.25) is 0 Å². The Morgan fingerprint density at radius 3 is 2.56 bits per heavy atom. The lowest BCUT2D eigenvalue weighted by Crippen LogP contribution is -2.47. The second kappa shape index (κ2) is 11.3. The number of aromatic nitrogens is 2. The van der Waals surface area contributed by atoms with Crippen LogP contribution in [0.4, 0.5) is 20.2 Å². The number of fused-ring (bicyclic) bond motifs is 1. The van der Waals surface area contributed by atoms with Gasteiger partial charge in [-0.3, -0.25) is 14.3 Å². The monoisotopic (exact) mass is 582 g/mol. The lowest BCUT2D eigenvalue weighted by molar-refractivity contribution is 0.0428. The molecule has 43 heavy (non-hydrogen) atoms. The van der Waals surface area contributed by atoms with Gasteiger partial charge in [-0.2, -0.15) is 19.1 Å². The predicted octanol–water partition coefficient (Wildman–Crippen LogP) is 4.94. The summed E-state index contributed by atoms with van der Waals surface area (Å²) in [5.41, 5.74) is 0.891. The Bertz CT molecular complexity index is 1710. The summed E-state index contributed by atoms with van der Waals surface area (Å²) >= 11 is 0. The zero-order valence-electron chi connectivity index (χ0n) is 23.3. The van der Waals surface area contributed by atoms with E-state index in [2.05, 4.69) is 21.8 Å². The van der Waals surface area contributed by atoms with E-state index in [9.17, 15) is 14.9 Å². The highest BCUT2D eigenvalue weighted by Crippen LogP contribution is 2.37. The van der Waals surface area contributed by atoms with Gasteiger partial charge in [-0.15, -0.1) is 0 Å². The first kappa shape index (κ1) is 28.1. The quantitative estimate of drug-likeness (QED) is 0.320. The third kappa shape index (κ3) is 5.33. The van der Waals surface area contributed by atoms with Crippen molar-refractivity contribution in [2.75, 3.05) is 23.3 Å². The molecule has 0 saturated carbocycles. The topological polar surface area (TPSA) is 112 Å². The Balaban J connectivity index is 1.22. The Morgan fingerprint density at radius 1 is 1.12 bits per heavy atom. The molecule has 2 N–H and O–H groups in total. The molecule has 2 aliphatic heterocycles. The van der Waals surface area contributed by atoms with Gasteiger partial charge in [0.2, 0.25) is 0 Å². The zero-order valence-corrected chi connectivity index (χ0v) is 23.3. The highest BCUT2D eigenvalue weighted by atomic mass is 19.3. The van der Waals surface area contributed by atoms with Crippen LogP contribution in [0.15, 0.2) is 79.0 Å². The van der Waals surface area contributed by atoms with Crippen LogP contribution in [-0.2, 0) is 12.5 Å². The van der Waals surface area contributed by atoms with Crippen LogP contribution >= 0.6 is 0 Å². The van der Waals surface area contributed by atoms with Crippen LogP contribution in [-0.4, -0.2) is 46.8 Å². The maximum absolute atomic E-state index is 15.1. The smallest absolute Gasteiger partial charge is 0.298 e. The molecule has 2 atom stereocenters. The van der Waals surface area contributed by atoms with Gasteiger partial charge in [-0.05, 0) is 50.2 Å². The normalized spacial score (nSPS) is 18.2. The number of ether oxygens (including phenoxy) is 1. The number of hydrogen-bond acceptors (Lipinski definition) is 6. The second-order valence-corrected chi connectivity index (χ2v) is 10.6. The molecule has 3 aromatic carbocycles. The number of nitrogens with one attached hydrogen (secondary N) is 2. The highest BCUT2D eigenvalue weighted by Gasteiger charge is 2.37. The van der Waals surface area contributed by atoms with Crippen molar-refractivity contribution in [1.82, 2.24) is 15.1 Å². The van der Waals surface area contributed by atoms with Crippen LogP contribution in [0.25, 0.3) is 0 Å². The molecule has 11 heteroatoms. The summed E-state index contributed by atoms with van der Waals surface area (Å²) in [5, 5.41) is 19.9. The molecule has 218 valence electrons. The van der Waals surface area contributed by atoms with Gasteiger partial charge in [0.05, 0.1) is 29.9 Å². The fraction of sp³-hybridized carbons (Fsp3) is 0.250. The molecule has 6 rings (SSSR count). The van der Waals surface area contributed by atoms with E-state index in [1.165, 1.54) is 58.2 Å². The average molecular weight is 583 g/mol. The van der Waals surface area contributed by atoms with Gasteiger partial charge in [-0.1, -0.05) is 42.5 Å². The number of hydrogen-bond donors (Lipinski definition) is 2. The highest BCUT2D eigenvalue weighted by molar-refractivity contribution is 6.15. The van der Waals surface area contributed by atoms with Gasteiger partial charge in [0, 0.05) is 29.0 Å². The largest absolute Gasteiger partial charge is 0.488 e. The standard InChI is InChI=1S/C32H28F2N6O3/c1-20-19-39-29(31(42)40(20)25-10-7-23(8-11-25)32(33,34)22-5-3-2-4-6-22)27(18-37-39)30(41)38-24-9-12-28(21(15-24)16-35)43-26-13-14-36-17-26/h2-12,15,18,20,26,36H,13-14,17,19H2,1H3,(H,38,41). The number of alkyl halides is 2. The lowest BCUT2D eigenvalue weighted by atomic mass is 9.99. The average Bonchev–Trinajstić information content (AvgIpc) is 3.69. The van der Waals surface area contributed by atoms with Crippen molar-refractivity contribution < 1.29 is 23.1 Å². The van der Waals surface area contributed by atoms with Crippen LogP contribution in [0.5, 0.6) is 5.75 Å². The van der Waals surface area contributed by atoms with E-state index in [-0.39, 0.29) is 40.1 Å². The summed E-state index contributed by atoms with van der Waals surface area (Å²) in [7, 11) is 0. The lowest BCUT2D eigenvalue weighted by Gasteiger charge is -2.34. The number of carbonyl (C=O) groups excluding carboxylic acids is 2. The van der Waals surface area contributed by atoms with Crippen LogP contribution in [0.3, 0.4) is 0 Å². The van der Waals surface area contributed by atoms with Gasteiger partial charge in [0.25, 0.3) is 17.7 Å². The minimum atomic E-state index is -3.20. The molecule has 0 aliphatic carbocycles. The summed E-state index contributed by atoms with van der Waals surface area (Å²) in [6, 6.07) is 19.7. The Hall–Kier alpha value is -5.08. The Morgan fingerprint density at radius 2 is 1.86 bits per heavy atom. The summed E-state index contributed by atoms with van der Waals surface area (Å²) in [6.45, 7) is 3.67. The summed E-state index contributed by atoms with van der Waals surface area (Å²) in [6.07, 6.45) is 2.14. The zero-order chi connectivity index (χ0) is 30.1. The van der Waals surface area contributed by atoms with Crippen molar-refractivity contribution in [2.24, 2.45) is 0 Å². The van der Waals surface area contributed by atoms with Crippen LogP contribution < -0.4 is 20.3 Å². The molecule has 0 spiro atoms. The van der Waals surface area contributed by atoms with Crippen molar-refractivity contribution in [2.45, 2.75) is 38.0 Å². The molecule has 9 nitrogen and oxygen atoms in total. The van der Waals surface area contributed by atoms with Gasteiger partial charge in [-0.25, -0.2) is 0 Å². The first-order valence-electron chi connectivity index (χ1n) is 13.9. The van der Waals surface area contributed by atoms with E-state index in [1.807, 2.05) is 6.92 Å². The van der Waals surface area contributed by atoms with E-state index in [4.69, 9.17) is 4.74 Å². The van der Waals surface area contributed by atoms with Crippen molar-refractivity contribution in [3.63, 3.8) is 0 Å². The fourth-order valence-corrected chi connectivity index (χ4v) is 5.48. The number of benzene rings is 3. The maximum atomic E-state index is 15.1. The molecular weight excluding hydrogens is 554 g/mol. The van der Waals surface area contributed by atoms with Gasteiger partial charge < -0.3 is 20.3 Å². The van der Waals surface area contributed by atoms with E-state index in [0.29, 0.717) is 30.2 Å². The first-order valence-corrected chi connectivity index (χ1v) is 13.9. The number of anilines is 2. The van der Waals surface area contributed by atoms with E-state index >= 15 is 8.78 Å². The number of nitrogens with zero attached hydrogens (tertiary/aromatic N) is 4. The first-order chi connectivity index (χ1) is 20.8. The van der Waals surface area contributed by atoms with Gasteiger partial charge in [0.15, 0.2) is 0 Å². The molecule has 0 bridgehead atoms. The Labute approximate surface area is 246 Å². The second-order valence-electron chi connectivity index (χ2n) is 10.6. The summed E-state index contributed by atoms with van der Waals surface area (Å²) < 4.78 is 37.6. The van der Waals surface area contributed by atoms with Gasteiger partial charge >= 0.3 is 0 Å². The van der Waals surface area contributed by atoms with Crippen LogP contribution in [0.1, 0.15) is 50.9 Å². The molecule has 2 amide bonds. The molecule has 4 aromatic rings. The molecule has 1 fully saturated rings. The summed E-state index contributed by atoms with van der Waals surface area (Å²) in [4.78, 5) is 28.6. The number of rotatable bonds is 7. The molecule has 2 unspecified atom stereocenters. The maximum Gasteiger partial charge on any atom is 0.298 e. The Kier molecular flexibility index (Phi) is 7.38. The SMILES string of the molecule is CC1Cn2ncc(C(=O)Nc3ccc(OC4CCNC4)c(C#N)c3)c2C(=O)N1c1ccc(C(F)(F)c2ccccc2)cc1. The number of halogens is 2. The molecule has 2 aliphatic rings. The van der Waals surface area contributed by atoms with Crippen molar-refractivity contribution >= 4 is 23.2 Å². The number of nitriles is 1.